The monoisotopic (exact) mass is 906 g/mol. The van der Waals surface area contributed by atoms with Crippen LogP contribution in [0, 0.1) is 13.8 Å². The molecule has 0 saturated carbocycles. The summed E-state index contributed by atoms with van der Waals surface area (Å²) in [5, 5.41) is 8.44. The fraction of sp³-hybridized carbons (Fsp3) is 0.213. The first-order chi connectivity index (χ1) is 32.1. The van der Waals surface area contributed by atoms with Crippen LogP contribution < -0.4 is 26.2 Å². The molecule has 0 radical (unpaired) electrons. The maximum atomic E-state index is 7.35. The number of benzene rings is 7. The van der Waals surface area contributed by atoms with Gasteiger partial charge in [0.05, 0.1) is 5.69 Å². The predicted molar refractivity (Wildman–Crippen MR) is 293 cm³/mol. The van der Waals surface area contributed by atoms with E-state index in [0.29, 0.717) is 0 Å². The second-order valence-corrected chi connectivity index (χ2v) is 23.2. The highest BCUT2D eigenvalue weighted by Gasteiger charge is 2.47. The van der Waals surface area contributed by atoms with E-state index in [1.807, 2.05) is 22.7 Å². The van der Waals surface area contributed by atoms with E-state index in [4.69, 9.17) is 4.42 Å². The molecule has 5 heterocycles. The molecule has 0 spiro atoms. The zero-order chi connectivity index (χ0) is 46.3. The number of fused-ring (bicyclic) bond motifs is 8. The summed E-state index contributed by atoms with van der Waals surface area (Å²) in [5.41, 5.74) is 22.1. The maximum Gasteiger partial charge on any atom is 0.257 e. The van der Waals surface area contributed by atoms with E-state index in [-0.39, 0.29) is 23.5 Å². The second kappa shape index (κ2) is 15.1. The van der Waals surface area contributed by atoms with Crippen molar-refractivity contribution in [3.63, 3.8) is 0 Å². The molecule has 2 aliphatic rings. The van der Waals surface area contributed by atoms with Gasteiger partial charge in [-0.15, -0.1) is 22.7 Å². The van der Waals surface area contributed by atoms with Gasteiger partial charge in [-0.1, -0.05) is 134 Å². The summed E-state index contributed by atoms with van der Waals surface area (Å²) < 4.78 is 9.96. The van der Waals surface area contributed by atoms with Crippen LogP contribution in [-0.4, -0.2) is 6.71 Å². The van der Waals surface area contributed by atoms with Gasteiger partial charge in [-0.25, -0.2) is 0 Å². The number of thiophene rings is 2. The van der Waals surface area contributed by atoms with E-state index in [9.17, 15) is 0 Å². The first-order valence-electron chi connectivity index (χ1n) is 23.8. The molecule has 0 fully saturated rings. The Bertz CT molecular complexity index is 3620. The third-order valence-corrected chi connectivity index (χ3v) is 16.4. The van der Waals surface area contributed by atoms with Crippen LogP contribution in [0.25, 0.3) is 53.4 Å². The van der Waals surface area contributed by atoms with Crippen molar-refractivity contribution < 1.29 is 4.42 Å². The lowest BCUT2D eigenvalue weighted by Gasteiger charge is -2.43. The lowest BCUT2D eigenvalue weighted by molar-refractivity contribution is 0.589. The summed E-state index contributed by atoms with van der Waals surface area (Å²) in [6, 6.07) is 50.9. The average molecular weight is 907 g/mol. The van der Waals surface area contributed by atoms with Crippen LogP contribution in [0.4, 0.5) is 34.3 Å². The molecule has 0 N–H and O–H groups in total. The van der Waals surface area contributed by atoms with Crippen molar-refractivity contribution in [3.05, 3.63) is 172 Å². The third kappa shape index (κ3) is 6.58. The Morgan fingerprint density at radius 1 is 0.537 bits per heavy atom. The van der Waals surface area contributed by atoms with Gasteiger partial charge in [0.2, 0.25) is 5.88 Å². The van der Waals surface area contributed by atoms with Crippen LogP contribution in [0.3, 0.4) is 0 Å². The number of nitrogens with zero attached hydrogens (tertiary/aromatic N) is 2. The molecular weight excluding hydrogens is 852 g/mol. The number of hydrogen-bond acceptors (Lipinski definition) is 5. The Balaban J connectivity index is 1.20. The van der Waals surface area contributed by atoms with E-state index >= 15 is 0 Å². The predicted octanol–water partition coefficient (Wildman–Crippen LogP) is 16.6. The zero-order valence-electron chi connectivity index (χ0n) is 40.1. The first kappa shape index (κ1) is 42.0. The van der Waals surface area contributed by atoms with E-state index in [0.717, 1.165) is 17.2 Å². The van der Waals surface area contributed by atoms with E-state index in [1.54, 1.807) is 0 Å². The molecule has 0 aliphatic carbocycles. The number of hydrogen-bond donors (Lipinski definition) is 0. The molecule has 3 nitrogen and oxygen atoms in total. The van der Waals surface area contributed by atoms with Crippen molar-refractivity contribution in [2.24, 2.45) is 0 Å². The molecule has 2 aliphatic heterocycles. The van der Waals surface area contributed by atoms with Crippen LogP contribution in [-0.2, 0) is 10.8 Å². The van der Waals surface area contributed by atoms with Crippen molar-refractivity contribution in [1.82, 2.24) is 0 Å². The molecule has 7 aromatic carbocycles. The highest BCUT2D eigenvalue weighted by atomic mass is 32.1. The van der Waals surface area contributed by atoms with Gasteiger partial charge in [0, 0.05) is 64.9 Å². The van der Waals surface area contributed by atoms with Crippen molar-refractivity contribution in [2.45, 2.75) is 86.0 Å². The van der Waals surface area contributed by atoms with Gasteiger partial charge in [0.25, 0.3) is 6.71 Å². The molecule has 0 atom stereocenters. The Hall–Kier alpha value is -6.34. The third-order valence-electron chi connectivity index (χ3n) is 14.5. The summed E-state index contributed by atoms with van der Waals surface area (Å²) in [6.07, 6.45) is 0. The Labute approximate surface area is 403 Å². The molecule has 12 rings (SSSR count). The summed E-state index contributed by atoms with van der Waals surface area (Å²) in [7, 11) is 0. The minimum atomic E-state index is -0.0908. The molecule has 67 heavy (non-hydrogen) atoms. The minimum absolute atomic E-state index is 0.00781. The molecule has 6 heteroatoms. The standard InChI is InChI=1S/C61H55BN2OS2/c1-35(2)40-30-51-57-52(31-40)64(58-36(3)26-42(27-37(58)4)61(8,9)10)59-56(46-32-41(60(5,6)7)23-25-53(46)65-59)62(57)49-24-22-39(48-34-67-55-21-14-12-19-45(48)55)29-50(49)63(51)43-17-15-16-38(28-43)47-33-66-54-20-13-11-18-44(47)54/h11-35H,1-10H3. The van der Waals surface area contributed by atoms with Gasteiger partial charge in [-0.2, -0.15) is 0 Å². The van der Waals surface area contributed by atoms with Gasteiger partial charge in [-0.05, 0) is 146 Å². The Kier molecular flexibility index (Phi) is 9.47. The normalized spacial score (nSPS) is 13.6. The van der Waals surface area contributed by atoms with Crippen molar-refractivity contribution in [2.75, 3.05) is 9.80 Å². The quantitative estimate of drug-likeness (QED) is 0.160. The molecular formula is C61H55BN2OS2. The van der Waals surface area contributed by atoms with Crippen molar-refractivity contribution in [3.8, 4) is 22.3 Å². The molecule has 0 amide bonds. The van der Waals surface area contributed by atoms with Crippen molar-refractivity contribution >= 4 is 111 Å². The smallest absolute Gasteiger partial charge is 0.257 e. The van der Waals surface area contributed by atoms with Crippen LogP contribution >= 0.6 is 22.7 Å². The molecule has 0 saturated heterocycles. The topological polar surface area (TPSA) is 19.6 Å². The molecule has 3 aromatic heterocycles. The number of furan rings is 1. The summed E-state index contributed by atoms with van der Waals surface area (Å²) >= 11 is 3.64. The van der Waals surface area contributed by atoms with E-state index < -0.39 is 0 Å². The highest BCUT2D eigenvalue weighted by molar-refractivity contribution is 7.18. The van der Waals surface area contributed by atoms with Crippen LogP contribution in [0.5, 0.6) is 0 Å². The number of aryl methyl sites for hydroxylation is 2. The average Bonchev–Trinajstić information content (AvgIpc) is 4.04. The Morgan fingerprint density at radius 3 is 1.78 bits per heavy atom. The number of anilines is 6. The molecule has 0 unspecified atom stereocenters. The van der Waals surface area contributed by atoms with Gasteiger partial charge in [0.1, 0.15) is 5.58 Å². The molecule has 330 valence electrons. The van der Waals surface area contributed by atoms with E-state index in [1.165, 1.54) is 115 Å². The SMILES string of the molecule is Cc1cc(C(C)(C)C)cc(C)c1N1c2cc(C(C)C)cc3c2B(c2ccc(-c4csc5ccccc45)cc2N3c2cccc(-c3csc4ccccc34)c2)c2c1oc1ccc(C(C)(C)C)cc21. The minimum Gasteiger partial charge on any atom is -0.440 e. The Morgan fingerprint density at radius 2 is 1.15 bits per heavy atom. The lowest BCUT2D eigenvalue weighted by atomic mass is 9.33. The summed E-state index contributed by atoms with van der Waals surface area (Å²) in [6.45, 7) is 23.0. The fourth-order valence-electron chi connectivity index (χ4n) is 11.0. The highest BCUT2D eigenvalue weighted by Crippen LogP contribution is 2.50. The molecule has 0 bridgehead atoms. The van der Waals surface area contributed by atoms with Crippen LogP contribution in [0.1, 0.15) is 89.1 Å². The zero-order valence-corrected chi connectivity index (χ0v) is 41.8. The van der Waals surface area contributed by atoms with E-state index in [2.05, 4.69) is 223 Å². The maximum absolute atomic E-state index is 7.35. The lowest BCUT2D eigenvalue weighted by Crippen LogP contribution is -2.61. The van der Waals surface area contributed by atoms with Crippen molar-refractivity contribution in [1.29, 1.82) is 0 Å². The summed E-state index contributed by atoms with van der Waals surface area (Å²) in [5.74, 6) is 1.19. The summed E-state index contributed by atoms with van der Waals surface area (Å²) in [4.78, 5) is 5.11. The van der Waals surface area contributed by atoms with Gasteiger partial charge in [0.15, 0.2) is 0 Å². The molecule has 10 aromatic rings. The number of rotatable bonds is 5. The van der Waals surface area contributed by atoms with Gasteiger partial charge in [-0.3, -0.25) is 4.90 Å². The fourth-order valence-corrected chi connectivity index (χ4v) is 12.9. The van der Waals surface area contributed by atoms with Gasteiger partial charge >= 0.3 is 0 Å². The van der Waals surface area contributed by atoms with Gasteiger partial charge < -0.3 is 9.32 Å². The first-order valence-corrected chi connectivity index (χ1v) is 25.5. The van der Waals surface area contributed by atoms with Crippen LogP contribution in [0.2, 0.25) is 0 Å². The largest absolute Gasteiger partial charge is 0.440 e. The second-order valence-electron chi connectivity index (χ2n) is 21.3. The van der Waals surface area contributed by atoms with Crippen LogP contribution in [0.15, 0.2) is 149 Å².